The Morgan fingerprint density at radius 2 is 1.75 bits per heavy atom. The van der Waals surface area contributed by atoms with E-state index in [1.807, 2.05) is 0 Å². The van der Waals surface area contributed by atoms with Gasteiger partial charge in [0.1, 0.15) is 11.5 Å². The highest BCUT2D eigenvalue weighted by Gasteiger charge is 2.63. The average molecular weight is 553 g/mol. The van der Waals surface area contributed by atoms with Crippen LogP contribution in [0.25, 0.3) is 0 Å². The third-order valence-electron chi connectivity index (χ3n) is 6.47. The number of carbonyl (C=O) groups excluding carboxylic acids is 1. The Morgan fingerprint density at radius 3 is 2.36 bits per heavy atom. The summed E-state index contributed by atoms with van der Waals surface area (Å²) < 4.78 is 83.5. The van der Waals surface area contributed by atoms with Gasteiger partial charge < -0.3 is 14.6 Å². The highest BCUT2D eigenvalue weighted by Crippen LogP contribution is 2.50. The van der Waals surface area contributed by atoms with E-state index < -0.39 is 64.4 Å². The van der Waals surface area contributed by atoms with Crippen LogP contribution in [0.1, 0.15) is 40.0 Å². The molecule has 0 bridgehead atoms. The molecule has 1 aromatic carbocycles. The molecule has 0 saturated carbocycles. The topological polar surface area (TPSA) is 58.0 Å². The molecule has 0 spiro atoms. The van der Waals surface area contributed by atoms with E-state index in [9.17, 15) is 31.1 Å². The van der Waals surface area contributed by atoms with Crippen LogP contribution in [0.5, 0.6) is 0 Å². The van der Waals surface area contributed by atoms with Crippen molar-refractivity contribution < 1.29 is 36.0 Å². The van der Waals surface area contributed by atoms with Crippen molar-refractivity contribution in [3.63, 3.8) is 0 Å². The molecule has 1 unspecified atom stereocenters. The number of amides is 1. The maximum absolute atomic E-state index is 14.2. The van der Waals surface area contributed by atoms with E-state index in [0.717, 1.165) is 17.0 Å². The number of aromatic nitrogens is 1. The zero-order valence-corrected chi connectivity index (χ0v) is 19.7. The quantitative estimate of drug-likeness (QED) is 0.364. The summed E-state index contributed by atoms with van der Waals surface area (Å²) in [7, 11) is 0. The Balaban J connectivity index is 1.36. The fourth-order valence-electron chi connectivity index (χ4n) is 4.50. The summed E-state index contributed by atoms with van der Waals surface area (Å²) in [6, 6.07) is 3.05. The summed E-state index contributed by atoms with van der Waals surface area (Å²) >= 11 is 11.5. The Morgan fingerprint density at radius 1 is 1.08 bits per heavy atom. The highest BCUT2D eigenvalue weighted by molar-refractivity contribution is 6.35. The number of carbonyl (C=O) groups is 1. The van der Waals surface area contributed by atoms with Crippen LogP contribution in [0.4, 0.5) is 26.3 Å². The van der Waals surface area contributed by atoms with Crippen molar-refractivity contribution in [2.75, 3.05) is 13.1 Å². The van der Waals surface area contributed by atoms with Gasteiger partial charge >= 0.3 is 6.18 Å². The molecular formula is C22H16Cl2F6N4O2. The third kappa shape index (κ3) is 4.13. The summed E-state index contributed by atoms with van der Waals surface area (Å²) in [5.74, 6) is -4.68. The summed E-state index contributed by atoms with van der Waals surface area (Å²) in [4.78, 5) is 24.2. The number of rotatable bonds is 2. The lowest BCUT2D eigenvalue weighted by atomic mass is 9.89. The maximum Gasteiger partial charge on any atom is 0.435 e. The van der Waals surface area contributed by atoms with Crippen LogP contribution in [0.3, 0.4) is 0 Å². The first kappa shape index (κ1) is 24.9. The standard InChI is InChI=1S/C22H16Cl2F6N4O2/c23-14-4-13(5-15(24)18(14)25)21(22(28,29)30)6-17(32-36-21)34-8-11-3-16(31-7-12(11)9-34)19(35)33-2-1-20(26,27)10-33/h3-5,7H,1-2,6,8-10H2. The fraction of sp³-hybridized carbons (Fsp3) is 0.409. The van der Waals surface area contributed by atoms with Gasteiger partial charge in [0.2, 0.25) is 0 Å². The van der Waals surface area contributed by atoms with Gasteiger partial charge in [-0.3, -0.25) is 9.78 Å². The van der Waals surface area contributed by atoms with Crippen LogP contribution >= 0.6 is 23.2 Å². The van der Waals surface area contributed by atoms with Crippen LogP contribution in [0, 0.1) is 5.82 Å². The molecule has 1 saturated heterocycles. The second kappa shape index (κ2) is 8.41. The normalized spacial score (nSPS) is 23.1. The Kier molecular flexibility index (Phi) is 5.82. The van der Waals surface area contributed by atoms with Crippen LogP contribution in [0.15, 0.2) is 29.6 Å². The lowest BCUT2D eigenvalue weighted by molar-refractivity contribution is -0.275. The number of hydrogen-bond acceptors (Lipinski definition) is 5. The molecule has 14 heteroatoms. The molecule has 2 aromatic rings. The van der Waals surface area contributed by atoms with E-state index in [-0.39, 0.29) is 31.2 Å². The minimum atomic E-state index is -4.95. The number of halogens is 8. The van der Waals surface area contributed by atoms with E-state index in [4.69, 9.17) is 28.0 Å². The molecule has 4 heterocycles. The molecule has 0 radical (unpaired) electrons. The number of benzene rings is 1. The highest BCUT2D eigenvalue weighted by atomic mass is 35.5. The number of likely N-dealkylation sites (tertiary alicyclic amines) is 1. The monoisotopic (exact) mass is 552 g/mol. The van der Waals surface area contributed by atoms with Crippen molar-refractivity contribution in [3.05, 3.63) is 62.6 Å². The molecule has 0 N–H and O–H groups in total. The molecular weight excluding hydrogens is 537 g/mol. The van der Waals surface area contributed by atoms with Gasteiger partial charge in [0, 0.05) is 37.8 Å². The van der Waals surface area contributed by atoms with Crippen LogP contribution in [0.2, 0.25) is 10.0 Å². The minimum Gasteiger partial charge on any atom is -0.372 e. The molecule has 1 fully saturated rings. The number of oxime groups is 1. The molecule has 6 nitrogen and oxygen atoms in total. The zero-order valence-electron chi connectivity index (χ0n) is 18.2. The molecule has 1 aromatic heterocycles. The predicted molar refractivity (Wildman–Crippen MR) is 116 cm³/mol. The number of amidine groups is 1. The third-order valence-corrected chi connectivity index (χ3v) is 7.02. The molecule has 1 atom stereocenters. The van der Waals surface area contributed by atoms with Crippen molar-refractivity contribution in [1.29, 1.82) is 0 Å². The first-order valence-electron chi connectivity index (χ1n) is 10.7. The van der Waals surface area contributed by atoms with E-state index in [2.05, 4.69) is 10.1 Å². The summed E-state index contributed by atoms with van der Waals surface area (Å²) in [5.41, 5.74) is -2.23. The second-order valence-electron chi connectivity index (χ2n) is 8.88. The summed E-state index contributed by atoms with van der Waals surface area (Å²) in [6.45, 7) is -0.557. The number of alkyl halides is 5. The predicted octanol–water partition coefficient (Wildman–Crippen LogP) is 5.52. The number of hydrogen-bond donors (Lipinski definition) is 0. The van der Waals surface area contributed by atoms with Gasteiger partial charge in [-0.05, 0) is 29.3 Å². The van der Waals surface area contributed by atoms with Crippen molar-refractivity contribution in [1.82, 2.24) is 14.8 Å². The van der Waals surface area contributed by atoms with Gasteiger partial charge in [-0.1, -0.05) is 28.4 Å². The van der Waals surface area contributed by atoms with Crippen molar-refractivity contribution in [2.45, 2.75) is 43.6 Å². The molecule has 192 valence electrons. The fourth-order valence-corrected chi connectivity index (χ4v) is 4.99. The Hall–Kier alpha value is -2.73. The van der Waals surface area contributed by atoms with Gasteiger partial charge in [-0.25, -0.2) is 13.2 Å². The number of pyridine rings is 1. The van der Waals surface area contributed by atoms with Gasteiger partial charge in [0.15, 0.2) is 5.82 Å². The van der Waals surface area contributed by atoms with E-state index in [1.54, 1.807) is 0 Å². The van der Waals surface area contributed by atoms with Crippen molar-refractivity contribution >= 4 is 34.9 Å². The molecule has 1 amide bonds. The largest absolute Gasteiger partial charge is 0.435 e. The van der Waals surface area contributed by atoms with Crippen LogP contribution < -0.4 is 0 Å². The summed E-state index contributed by atoms with van der Waals surface area (Å²) in [5, 5.41) is 2.50. The number of nitrogens with zero attached hydrogens (tertiary/aromatic N) is 4. The molecule has 3 aliphatic heterocycles. The van der Waals surface area contributed by atoms with Gasteiger partial charge in [-0.2, -0.15) is 13.2 Å². The van der Waals surface area contributed by atoms with Gasteiger partial charge in [0.05, 0.1) is 23.0 Å². The van der Waals surface area contributed by atoms with E-state index in [1.165, 1.54) is 17.2 Å². The molecule has 0 aliphatic carbocycles. The van der Waals surface area contributed by atoms with Crippen LogP contribution in [-0.2, 0) is 23.5 Å². The first-order valence-corrected chi connectivity index (χ1v) is 11.4. The first-order chi connectivity index (χ1) is 16.8. The Labute approximate surface area is 210 Å². The second-order valence-corrected chi connectivity index (χ2v) is 9.70. The van der Waals surface area contributed by atoms with E-state index in [0.29, 0.717) is 11.1 Å². The lowest BCUT2D eigenvalue weighted by Crippen LogP contribution is -2.44. The lowest BCUT2D eigenvalue weighted by Gasteiger charge is -2.30. The number of fused-ring (bicyclic) bond motifs is 1. The molecule has 36 heavy (non-hydrogen) atoms. The molecule has 3 aliphatic rings. The Bertz CT molecular complexity index is 1260. The van der Waals surface area contributed by atoms with Crippen molar-refractivity contribution in [2.24, 2.45) is 5.16 Å². The SMILES string of the molecule is O=C(c1cc2c(cn1)CN(C1=NOC(c3cc(Cl)c(F)c(Cl)c3)(C(F)(F)F)C1)C2)N1CCC(F)(F)C1. The van der Waals surface area contributed by atoms with E-state index >= 15 is 0 Å². The smallest absolute Gasteiger partial charge is 0.372 e. The van der Waals surface area contributed by atoms with Crippen LogP contribution in [-0.4, -0.2) is 51.7 Å². The minimum absolute atomic E-state index is 0.0295. The molecule has 5 rings (SSSR count). The average Bonchev–Trinajstić information content (AvgIpc) is 3.52. The van der Waals surface area contributed by atoms with Gasteiger partial charge in [0.25, 0.3) is 17.4 Å². The van der Waals surface area contributed by atoms with Gasteiger partial charge in [-0.15, -0.1) is 0 Å². The van der Waals surface area contributed by atoms with Crippen molar-refractivity contribution in [3.8, 4) is 0 Å². The zero-order chi connectivity index (χ0) is 26.0. The summed E-state index contributed by atoms with van der Waals surface area (Å²) in [6.07, 6.45) is -4.72. The maximum atomic E-state index is 14.2.